The van der Waals surface area contributed by atoms with Gasteiger partial charge in [-0.15, -0.1) is 0 Å². The van der Waals surface area contributed by atoms with Gasteiger partial charge in [0, 0.05) is 0 Å². The van der Waals surface area contributed by atoms with Crippen molar-refractivity contribution < 1.29 is 17.6 Å². The van der Waals surface area contributed by atoms with Gasteiger partial charge in [-0.1, -0.05) is 5.28 Å². The number of rotatable bonds is 0. The van der Waals surface area contributed by atoms with E-state index in [4.69, 9.17) is 0 Å². The average Bonchev–Trinajstić information content (AvgIpc) is 1.93. The fourth-order valence-electron chi connectivity index (χ4n) is 1.04. The van der Waals surface area contributed by atoms with Crippen LogP contribution in [0.4, 0.5) is 17.6 Å². The SMILES string of the molecule is FC1[CH2][AlH][CH](F)C(F)C1F. The maximum absolute atomic E-state index is 12.3. The first-order valence-electron chi connectivity index (χ1n) is 3.19. The highest BCUT2D eigenvalue weighted by Crippen LogP contribution is 2.24. The fourth-order valence-corrected chi connectivity index (χ4v) is 2.57. The van der Waals surface area contributed by atoms with Gasteiger partial charge in [0.15, 0.2) is 12.3 Å². The molecule has 0 radical (unpaired) electrons. The first kappa shape index (κ1) is 8.35. The second kappa shape index (κ2) is 3.10. The van der Waals surface area contributed by atoms with Gasteiger partial charge in [-0.3, -0.25) is 4.39 Å². The van der Waals surface area contributed by atoms with Gasteiger partial charge in [0.1, 0.15) is 6.17 Å². The Morgan fingerprint density at radius 2 is 1.60 bits per heavy atom. The Labute approximate surface area is 62.3 Å². The van der Waals surface area contributed by atoms with Crippen LogP contribution in [0.3, 0.4) is 0 Å². The zero-order valence-corrected chi connectivity index (χ0v) is 6.65. The molecule has 1 rings (SSSR count). The summed E-state index contributed by atoms with van der Waals surface area (Å²) < 4.78 is 49.1. The molecule has 0 spiro atoms. The minimum atomic E-state index is -2.23. The van der Waals surface area contributed by atoms with Crippen LogP contribution in [-0.2, 0) is 0 Å². The van der Waals surface area contributed by atoms with Crippen molar-refractivity contribution in [1.29, 1.82) is 0 Å². The summed E-state index contributed by atoms with van der Waals surface area (Å²) >= 11 is -1.35. The standard InChI is InChI=1S/C5H6F4.Al.H/c1-3(7)5(9)4(8)2-6;;/h2-5H,1H2;;. The minimum absolute atomic E-state index is 0.0667. The Hall–Kier alpha value is 0.252. The highest BCUT2D eigenvalue weighted by Gasteiger charge is 2.41. The van der Waals surface area contributed by atoms with E-state index in [1.54, 1.807) is 0 Å². The van der Waals surface area contributed by atoms with E-state index in [2.05, 4.69) is 0 Å². The molecule has 10 heavy (non-hydrogen) atoms. The molecule has 4 atom stereocenters. The summed E-state index contributed by atoms with van der Waals surface area (Å²) in [5.41, 5.74) is 0. The lowest BCUT2D eigenvalue weighted by atomic mass is 10.2. The van der Waals surface area contributed by atoms with Crippen molar-refractivity contribution >= 4 is 15.2 Å². The maximum atomic E-state index is 12.3. The number of hydrogen-bond donors (Lipinski definition) is 0. The van der Waals surface area contributed by atoms with Gasteiger partial charge >= 0.3 is 0 Å². The molecule has 0 N–H and O–H groups in total. The maximum Gasteiger partial charge on any atom is 0.299 e. The van der Waals surface area contributed by atoms with Gasteiger partial charge in [0.25, 0.3) is 15.2 Å². The predicted molar refractivity (Wildman–Crippen MR) is 31.5 cm³/mol. The van der Waals surface area contributed by atoms with E-state index >= 15 is 0 Å². The zero-order chi connectivity index (χ0) is 7.72. The second-order valence-electron chi connectivity index (χ2n) is 2.50. The molecule has 0 saturated carbocycles. The monoisotopic (exact) mass is 170 g/mol. The largest absolute Gasteiger partial charge is 0.299 e. The molecule has 1 aliphatic rings. The number of halogens is 4. The van der Waals surface area contributed by atoms with Crippen molar-refractivity contribution in [2.75, 3.05) is 0 Å². The van der Waals surface area contributed by atoms with Gasteiger partial charge in [-0.05, 0) is 0 Å². The summed E-state index contributed by atoms with van der Waals surface area (Å²) in [7, 11) is 0. The number of alkyl halides is 4. The van der Waals surface area contributed by atoms with Gasteiger partial charge in [0.2, 0.25) is 0 Å². The Balaban J connectivity index is 2.52. The predicted octanol–water partition coefficient (Wildman–Crippen LogP) is 1.16. The third kappa shape index (κ3) is 1.46. The highest BCUT2D eigenvalue weighted by atomic mass is 27.1. The van der Waals surface area contributed by atoms with Crippen molar-refractivity contribution in [1.82, 2.24) is 0 Å². The molecule has 0 bridgehead atoms. The third-order valence-corrected chi connectivity index (χ3v) is 3.60. The van der Waals surface area contributed by atoms with Crippen molar-refractivity contribution in [2.24, 2.45) is 0 Å². The molecule has 0 aromatic rings. The highest BCUT2D eigenvalue weighted by molar-refractivity contribution is 6.38. The molecular formula is C5H7AlF4. The molecule has 0 aromatic carbocycles. The van der Waals surface area contributed by atoms with Crippen molar-refractivity contribution in [2.45, 2.75) is 28.8 Å². The fraction of sp³-hybridized carbons (Fsp3) is 1.00. The first-order chi connectivity index (χ1) is 4.63. The summed E-state index contributed by atoms with van der Waals surface area (Å²) in [4.78, 5) is 0. The van der Waals surface area contributed by atoms with E-state index in [0.29, 0.717) is 0 Å². The summed E-state index contributed by atoms with van der Waals surface area (Å²) in [6, 6.07) is 0. The van der Waals surface area contributed by atoms with Crippen LogP contribution in [0.25, 0.3) is 0 Å². The molecule has 58 valence electrons. The lowest BCUT2D eigenvalue weighted by Gasteiger charge is -2.25. The zero-order valence-electron chi connectivity index (χ0n) is 5.24. The van der Waals surface area contributed by atoms with Crippen LogP contribution < -0.4 is 0 Å². The van der Waals surface area contributed by atoms with Crippen molar-refractivity contribution in [3.05, 3.63) is 0 Å². The van der Waals surface area contributed by atoms with Crippen LogP contribution >= 0.6 is 0 Å². The van der Waals surface area contributed by atoms with E-state index in [9.17, 15) is 17.6 Å². The molecule has 1 heterocycles. The molecule has 5 heteroatoms. The lowest BCUT2D eigenvalue weighted by molar-refractivity contribution is 0.0508. The molecule has 0 aromatic heterocycles. The third-order valence-electron chi connectivity index (χ3n) is 1.71. The van der Waals surface area contributed by atoms with Crippen LogP contribution in [0.2, 0.25) is 5.28 Å². The van der Waals surface area contributed by atoms with Gasteiger partial charge in [-0.2, -0.15) is 0 Å². The molecule has 4 unspecified atom stereocenters. The molecule has 1 fully saturated rings. The first-order valence-corrected chi connectivity index (χ1v) is 5.01. The van der Waals surface area contributed by atoms with E-state index in [-0.39, 0.29) is 5.28 Å². The summed E-state index contributed by atoms with van der Waals surface area (Å²) in [6.07, 6.45) is -6.18. The van der Waals surface area contributed by atoms with Gasteiger partial charge in [0.05, 0.1) is 5.03 Å². The van der Waals surface area contributed by atoms with Crippen LogP contribution in [0.15, 0.2) is 0 Å². The summed E-state index contributed by atoms with van der Waals surface area (Å²) in [6.45, 7) is 0. The summed E-state index contributed by atoms with van der Waals surface area (Å²) in [5, 5.41) is -1.75. The molecule has 0 aliphatic carbocycles. The molecule has 0 nitrogen and oxygen atoms in total. The van der Waals surface area contributed by atoms with Crippen LogP contribution in [-0.4, -0.2) is 38.8 Å². The van der Waals surface area contributed by atoms with Crippen LogP contribution in [0, 0.1) is 0 Å². The van der Waals surface area contributed by atoms with Gasteiger partial charge < -0.3 is 0 Å². The summed E-state index contributed by atoms with van der Waals surface area (Å²) in [5.74, 6) is 0. The van der Waals surface area contributed by atoms with E-state index in [1.807, 2.05) is 0 Å². The quantitative estimate of drug-likeness (QED) is 0.378. The Bertz CT molecular complexity index is 106. The normalized spacial score (nSPS) is 48.4. The molecular weight excluding hydrogens is 163 g/mol. The second-order valence-corrected chi connectivity index (χ2v) is 4.43. The number of hydrogen-bond acceptors (Lipinski definition) is 0. The molecule has 0 amide bonds. The smallest absolute Gasteiger partial charge is 0.262 e. The van der Waals surface area contributed by atoms with Crippen LogP contribution in [0.5, 0.6) is 0 Å². The van der Waals surface area contributed by atoms with Crippen molar-refractivity contribution in [3.63, 3.8) is 0 Å². The molecule has 1 aliphatic heterocycles. The van der Waals surface area contributed by atoms with Crippen LogP contribution in [0.1, 0.15) is 0 Å². The van der Waals surface area contributed by atoms with E-state index < -0.39 is 38.8 Å². The lowest BCUT2D eigenvalue weighted by Crippen LogP contribution is -2.44. The van der Waals surface area contributed by atoms with E-state index in [1.165, 1.54) is 0 Å². The average molecular weight is 170 g/mol. The Kier molecular flexibility index (Phi) is 2.59. The van der Waals surface area contributed by atoms with Gasteiger partial charge in [-0.25, -0.2) is 13.2 Å². The van der Waals surface area contributed by atoms with E-state index in [0.717, 1.165) is 0 Å². The minimum Gasteiger partial charge on any atom is -0.262 e. The Morgan fingerprint density at radius 1 is 1.00 bits per heavy atom. The van der Waals surface area contributed by atoms with Crippen molar-refractivity contribution in [3.8, 4) is 0 Å². The topological polar surface area (TPSA) is 0 Å². The molecule has 1 saturated heterocycles. The Morgan fingerprint density at radius 3 is 2.10 bits per heavy atom.